The van der Waals surface area contributed by atoms with Crippen LogP contribution in [0, 0.1) is 17.8 Å². The lowest BCUT2D eigenvalue weighted by Crippen LogP contribution is -2.45. The lowest BCUT2D eigenvalue weighted by atomic mass is 9.79. The largest absolute Gasteiger partial charge is 0.381 e. The Hall–Kier alpha value is -0.0800. The molecule has 1 heterocycles. The second-order valence-electron chi connectivity index (χ2n) is 5.61. The van der Waals surface area contributed by atoms with Crippen LogP contribution in [-0.4, -0.2) is 25.8 Å². The summed E-state index contributed by atoms with van der Waals surface area (Å²) in [7, 11) is 0. The smallest absolute Gasteiger partial charge is 0.0469 e. The molecule has 0 spiro atoms. The minimum atomic E-state index is 0.756. The average molecular weight is 225 g/mol. The lowest BCUT2D eigenvalue weighted by Gasteiger charge is -2.36. The van der Waals surface area contributed by atoms with E-state index in [9.17, 15) is 0 Å². The van der Waals surface area contributed by atoms with Crippen molar-refractivity contribution in [1.82, 2.24) is 5.32 Å². The van der Waals surface area contributed by atoms with Gasteiger partial charge in [-0.25, -0.2) is 0 Å². The first-order valence-corrected chi connectivity index (χ1v) is 7.14. The minimum Gasteiger partial charge on any atom is -0.381 e. The minimum absolute atomic E-state index is 0.756. The zero-order valence-electron chi connectivity index (χ0n) is 10.9. The van der Waals surface area contributed by atoms with Crippen molar-refractivity contribution in [1.29, 1.82) is 0 Å². The highest BCUT2D eigenvalue weighted by Crippen LogP contribution is 2.38. The number of nitrogens with one attached hydrogen (secondary N) is 1. The summed E-state index contributed by atoms with van der Waals surface area (Å²) in [6, 6.07) is 0.756. The molecule has 2 nitrogen and oxygen atoms in total. The van der Waals surface area contributed by atoms with Crippen molar-refractivity contribution in [3.8, 4) is 0 Å². The van der Waals surface area contributed by atoms with Gasteiger partial charge < -0.3 is 10.1 Å². The lowest BCUT2D eigenvalue weighted by molar-refractivity contribution is 0.0415. The van der Waals surface area contributed by atoms with Crippen molar-refractivity contribution >= 4 is 0 Å². The highest BCUT2D eigenvalue weighted by atomic mass is 16.5. The molecule has 3 atom stereocenters. The zero-order chi connectivity index (χ0) is 11.4. The molecular formula is C14H27NO. The SMILES string of the molecule is CCNC(C1CCOCC1)C1CCCC1C. The summed E-state index contributed by atoms with van der Waals surface area (Å²) in [6.45, 7) is 7.76. The van der Waals surface area contributed by atoms with Gasteiger partial charge in [0.05, 0.1) is 0 Å². The maximum atomic E-state index is 5.49. The molecule has 94 valence electrons. The van der Waals surface area contributed by atoms with Crippen LogP contribution in [0.5, 0.6) is 0 Å². The molecule has 2 fully saturated rings. The van der Waals surface area contributed by atoms with Crippen molar-refractivity contribution in [2.75, 3.05) is 19.8 Å². The van der Waals surface area contributed by atoms with E-state index in [-0.39, 0.29) is 0 Å². The molecule has 0 amide bonds. The molecule has 16 heavy (non-hydrogen) atoms. The quantitative estimate of drug-likeness (QED) is 0.794. The van der Waals surface area contributed by atoms with Gasteiger partial charge >= 0.3 is 0 Å². The summed E-state index contributed by atoms with van der Waals surface area (Å²) in [5.41, 5.74) is 0. The zero-order valence-corrected chi connectivity index (χ0v) is 10.9. The first kappa shape index (κ1) is 12.4. The number of rotatable bonds is 4. The number of hydrogen-bond donors (Lipinski definition) is 1. The maximum absolute atomic E-state index is 5.49. The van der Waals surface area contributed by atoms with Gasteiger partial charge in [0.1, 0.15) is 0 Å². The molecule has 1 saturated carbocycles. The Kier molecular flexibility index (Phi) is 4.66. The first-order valence-electron chi connectivity index (χ1n) is 7.14. The molecule has 1 saturated heterocycles. The fourth-order valence-corrected chi connectivity index (χ4v) is 3.69. The van der Waals surface area contributed by atoms with Crippen LogP contribution < -0.4 is 5.32 Å². The third-order valence-corrected chi connectivity index (χ3v) is 4.60. The standard InChI is InChI=1S/C14H27NO/c1-3-15-14(12-7-9-16-10-8-12)13-6-4-5-11(13)2/h11-15H,3-10H2,1-2H3. The van der Waals surface area contributed by atoms with Crippen LogP contribution in [0.3, 0.4) is 0 Å². The van der Waals surface area contributed by atoms with Gasteiger partial charge in [0.25, 0.3) is 0 Å². The van der Waals surface area contributed by atoms with Crippen LogP contribution in [0.2, 0.25) is 0 Å². The second kappa shape index (κ2) is 6.02. The molecule has 0 aromatic rings. The van der Waals surface area contributed by atoms with Crippen LogP contribution in [-0.2, 0) is 4.74 Å². The molecule has 2 heteroatoms. The van der Waals surface area contributed by atoms with Gasteiger partial charge in [-0.3, -0.25) is 0 Å². The van der Waals surface area contributed by atoms with Crippen LogP contribution in [0.4, 0.5) is 0 Å². The van der Waals surface area contributed by atoms with Crippen LogP contribution in [0.25, 0.3) is 0 Å². The molecule has 0 aromatic carbocycles. The van der Waals surface area contributed by atoms with Gasteiger partial charge in [-0.1, -0.05) is 26.7 Å². The van der Waals surface area contributed by atoms with Gasteiger partial charge in [0.15, 0.2) is 0 Å². The molecule has 0 aromatic heterocycles. The van der Waals surface area contributed by atoms with Gasteiger partial charge in [-0.05, 0) is 43.6 Å². The van der Waals surface area contributed by atoms with Gasteiger partial charge in [-0.2, -0.15) is 0 Å². The molecule has 2 rings (SSSR count). The normalized spacial score (nSPS) is 34.1. The fraction of sp³-hybridized carbons (Fsp3) is 1.00. The highest BCUT2D eigenvalue weighted by Gasteiger charge is 2.35. The van der Waals surface area contributed by atoms with Crippen molar-refractivity contribution in [3.05, 3.63) is 0 Å². The van der Waals surface area contributed by atoms with Crippen LogP contribution in [0.1, 0.15) is 46.0 Å². The molecule has 1 aliphatic carbocycles. The third kappa shape index (κ3) is 2.78. The fourth-order valence-electron chi connectivity index (χ4n) is 3.69. The molecular weight excluding hydrogens is 198 g/mol. The predicted molar refractivity (Wildman–Crippen MR) is 67.5 cm³/mol. The Bertz CT molecular complexity index is 201. The van der Waals surface area contributed by atoms with Crippen molar-refractivity contribution < 1.29 is 4.74 Å². The summed E-state index contributed by atoms with van der Waals surface area (Å²) in [4.78, 5) is 0. The maximum Gasteiger partial charge on any atom is 0.0469 e. The number of ether oxygens (including phenoxy) is 1. The molecule has 2 aliphatic rings. The average Bonchev–Trinajstić information content (AvgIpc) is 2.73. The Labute approximate surface area is 100 Å². The van der Waals surface area contributed by atoms with Crippen molar-refractivity contribution in [3.63, 3.8) is 0 Å². The summed E-state index contributed by atoms with van der Waals surface area (Å²) in [5, 5.41) is 3.77. The topological polar surface area (TPSA) is 21.3 Å². The molecule has 1 N–H and O–H groups in total. The van der Waals surface area contributed by atoms with E-state index in [0.29, 0.717) is 0 Å². The predicted octanol–water partition coefficient (Wildman–Crippen LogP) is 2.83. The van der Waals surface area contributed by atoms with E-state index in [1.807, 2.05) is 0 Å². The van der Waals surface area contributed by atoms with E-state index >= 15 is 0 Å². The Balaban J connectivity index is 1.97. The Morgan fingerprint density at radius 2 is 1.94 bits per heavy atom. The van der Waals surface area contributed by atoms with E-state index in [2.05, 4.69) is 19.2 Å². The van der Waals surface area contributed by atoms with E-state index in [0.717, 1.165) is 43.6 Å². The highest BCUT2D eigenvalue weighted by molar-refractivity contribution is 4.89. The number of hydrogen-bond acceptors (Lipinski definition) is 2. The van der Waals surface area contributed by atoms with E-state index in [1.165, 1.54) is 32.1 Å². The monoisotopic (exact) mass is 225 g/mol. The third-order valence-electron chi connectivity index (χ3n) is 4.60. The van der Waals surface area contributed by atoms with E-state index in [1.54, 1.807) is 0 Å². The second-order valence-corrected chi connectivity index (χ2v) is 5.61. The Morgan fingerprint density at radius 1 is 1.19 bits per heavy atom. The molecule has 1 aliphatic heterocycles. The van der Waals surface area contributed by atoms with Crippen LogP contribution >= 0.6 is 0 Å². The van der Waals surface area contributed by atoms with Crippen molar-refractivity contribution in [2.24, 2.45) is 17.8 Å². The van der Waals surface area contributed by atoms with Gasteiger partial charge in [0, 0.05) is 19.3 Å². The summed E-state index contributed by atoms with van der Waals surface area (Å²) in [6.07, 6.45) is 6.85. The summed E-state index contributed by atoms with van der Waals surface area (Å²) >= 11 is 0. The van der Waals surface area contributed by atoms with Crippen molar-refractivity contribution in [2.45, 2.75) is 52.0 Å². The first-order chi connectivity index (χ1) is 7.83. The van der Waals surface area contributed by atoms with Crippen LogP contribution in [0.15, 0.2) is 0 Å². The van der Waals surface area contributed by atoms with E-state index < -0.39 is 0 Å². The summed E-state index contributed by atoms with van der Waals surface area (Å²) < 4.78 is 5.49. The molecule has 3 unspecified atom stereocenters. The molecule has 0 radical (unpaired) electrons. The Morgan fingerprint density at radius 3 is 2.50 bits per heavy atom. The van der Waals surface area contributed by atoms with Gasteiger partial charge in [0.2, 0.25) is 0 Å². The summed E-state index contributed by atoms with van der Waals surface area (Å²) in [5.74, 6) is 2.70. The van der Waals surface area contributed by atoms with Gasteiger partial charge in [-0.15, -0.1) is 0 Å². The molecule has 0 bridgehead atoms. The van der Waals surface area contributed by atoms with E-state index in [4.69, 9.17) is 4.74 Å².